The molecule has 24 heavy (non-hydrogen) atoms. The maximum atomic E-state index is 11.4. The van der Waals surface area contributed by atoms with Gasteiger partial charge in [-0.2, -0.15) is 0 Å². The molecule has 0 saturated heterocycles. The number of nitro benzene ring substituents is 1. The summed E-state index contributed by atoms with van der Waals surface area (Å²) in [6.07, 6.45) is -0.406. The molecule has 7 nitrogen and oxygen atoms in total. The second-order valence-corrected chi connectivity index (χ2v) is 4.54. The average Bonchev–Trinajstić information content (AvgIpc) is 2.57. The Morgan fingerprint density at radius 2 is 1.79 bits per heavy atom. The van der Waals surface area contributed by atoms with Gasteiger partial charge in [0.15, 0.2) is 0 Å². The number of nitrogens with two attached hydrogens (primary N) is 1. The SMILES string of the molecule is CC.CC.COC(=O)CC(CC(N)=O)c1cc(Cl)ccc1[N+](=O)[O-]. The van der Waals surface area contributed by atoms with Crippen LogP contribution >= 0.6 is 11.6 Å². The van der Waals surface area contributed by atoms with Gasteiger partial charge in [0.05, 0.1) is 18.5 Å². The minimum Gasteiger partial charge on any atom is -0.469 e. The lowest BCUT2D eigenvalue weighted by atomic mass is 9.91. The summed E-state index contributed by atoms with van der Waals surface area (Å²) in [6, 6.07) is 3.95. The van der Waals surface area contributed by atoms with Crippen LogP contribution in [-0.2, 0) is 14.3 Å². The van der Waals surface area contributed by atoms with Crippen molar-refractivity contribution in [3.8, 4) is 0 Å². The largest absolute Gasteiger partial charge is 0.469 e. The molecule has 0 spiro atoms. The van der Waals surface area contributed by atoms with Gasteiger partial charge in [-0.05, 0) is 12.1 Å². The molecule has 8 heteroatoms. The molecular formula is C16H25ClN2O5. The van der Waals surface area contributed by atoms with Gasteiger partial charge in [0.1, 0.15) is 0 Å². The molecule has 0 aromatic heterocycles. The summed E-state index contributed by atoms with van der Waals surface area (Å²) >= 11 is 5.82. The van der Waals surface area contributed by atoms with Gasteiger partial charge in [-0.25, -0.2) is 0 Å². The summed E-state index contributed by atoms with van der Waals surface area (Å²) in [5.74, 6) is -2.02. The molecule has 136 valence electrons. The van der Waals surface area contributed by atoms with Gasteiger partial charge in [0.2, 0.25) is 5.91 Å². The highest BCUT2D eigenvalue weighted by atomic mass is 35.5. The maximum absolute atomic E-state index is 11.4. The van der Waals surface area contributed by atoms with E-state index in [2.05, 4.69) is 4.74 Å². The number of amides is 1. The fourth-order valence-electron chi connectivity index (χ4n) is 1.84. The Balaban J connectivity index is 0. The molecule has 0 bridgehead atoms. The van der Waals surface area contributed by atoms with E-state index in [9.17, 15) is 19.7 Å². The first kappa shape index (κ1) is 24.1. The number of methoxy groups -OCH3 is 1. The summed E-state index contributed by atoms with van der Waals surface area (Å²) in [6.45, 7) is 8.00. The summed E-state index contributed by atoms with van der Waals surface area (Å²) in [5, 5.41) is 11.3. The standard InChI is InChI=1S/C12H13ClN2O5.2C2H6/c1-20-12(17)5-7(4-11(14)16)9-6-8(13)2-3-10(9)15(18)19;2*1-2/h2-3,6-7H,4-5H2,1H3,(H2,14,16);2*1-2H3. The molecule has 0 saturated carbocycles. The number of ether oxygens (including phenoxy) is 1. The Hall–Kier alpha value is -2.15. The number of esters is 1. The quantitative estimate of drug-likeness (QED) is 0.470. The van der Waals surface area contributed by atoms with Gasteiger partial charge in [-0.1, -0.05) is 39.3 Å². The second kappa shape index (κ2) is 13.3. The predicted molar refractivity (Wildman–Crippen MR) is 94.0 cm³/mol. The zero-order valence-electron chi connectivity index (χ0n) is 14.7. The lowest BCUT2D eigenvalue weighted by Crippen LogP contribution is -2.19. The van der Waals surface area contributed by atoms with Crippen LogP contribution in [-0.4, -0.2) is 23.9 Å². The van der Waals surface area contributed by atoms with Crippen LogP contribution in [0.1, 0.15) is 52.0 Å². The number of primary amides is 1. The summed E-state index contributed by atoms with van der Waals surface area (Å²) < 4.78 is 4.52. The normalized spacial score (nSPS) is 10.2. The van der Waals surface area contributed by atoms with Gasteiger partial charge in [0.25, 0.3) is 5.69 Å². The zero-order chi connectivity index (χ0) is 19.3. The third-order valence-corrected chi connectivity index (χ3v) is 2.95. The van der Waals surface area contributed by atoms with Crippen LogP contribution in [0.2, 0.25) is 5.02 Å². The molecule has 0 radical (unpaired) electrons. The molecule has 1 aromatic carbocycles. The number of hydrogen-bond donors (Lipinski definition) is 1. The van der Waals surface area contributed by atoms with Crippen molar-refractivity contribution < 1.29 is 19.2 Å². The maximum Gasteiger partial charge on any atom is 0.306 e. The van der Waals surface area contributed by atoms with E-state index < -0.39 is 22.7 Å². The van der Waals surface area contributed by atoms with E-state index in [1.54, 1.807) is 0 Å². The summed E-state index contributed by atoms with van der Waals surface area (Å²) in [5.41, 5.74) is 5.09. The molecule has 1 rings (SSSR count). The number of carbonyl (C=O) groups excluding carboxylic acids is 2. The van der Waals surface area contributed by atoms with E-state index in [0.717, 1.165) is 0 Å². The minimum atomic E-state index is -0.751. The highest BCUT2D eigenvalue weighted by Crippen LogP contribution is 2.33. The molecule has 0 heterocycles. The van der Waals surface area contributed by atoms with Crippen molar-refractivity contribution in [1.82, 2.24) is 0 Å². The molecule has 1 aromatic rings. The average molecular weight is 361 g/mol. The van der Waals surface area contributed by atoms with Crippen LogP contribution in [0.5, 0.6) is 0 Å². The molecular weight excluding hydrogens is 336 g/mol. The van der Waals surface area contributed by atoms with Crippen molar-refractivity contribution in [2.24, 2.45) is 5.73 Å². The van der Waals surface area contributed by atoms with Gasteiger partial charge < -0.3 is 10.5 Å². The van der Waals surface area contributed by atoms with E-state index in [-0.39, 0.29) is 29.1 Å². The minimum absolute atomic E-state index is 0.187. The summed E-state index contributed by atoms with van der Waals surface area (Å²) in [4.78, 5) is 32.9. The van der Waals surface area contributed by atoms with Crippen molar-refractivity contribution >= 4 is 29.2 Å². The van der Waals surface area contributed by atoms with Crippen molar-refractivity contribution in [3.05, 3.63) is 38.9 Å². The monoisotopic (exact) mass is 360 g/mol. The van der Waals surface area contributed by atoms with Crippen LogP contribution in [0.15, 0.2) is 18.2 Å². The zero-order valence-corrected chi connectivity index (χ0v) is 15.4. The van der Waals surface area contributed by atoms with Crippen LogP contribution in [0.4, 0.5) is 5.69 Å². The highest BCUT2D eigenvalue weighted by molar-refractivity contribution is 6.30. The molecule has 0 aliphatic rings. The van der Waals surface area contributed by atoms with Crippen molar-refractivity contribution in [3.63, 3.8) is 0 Å². The number of benzene rings is 1. The number of nitro groups is 1. The van der Waals surface area contributed by atoms with Crippen LogP contribution in [0.25, 0.3) is 0 Å². The fraction of sp³-hybridized carbons (Fsp3) is 0.500. The van der Waals surface area contributed by atoms with Gasteiger partial charge >= 0.3 is 5.97 Å². The smallest absolute Gasteiger partial charge is 0.306 e. The molecule has 1 atom stereocenters. The molecule has 0 aliphatic carbocycles. The van der Waals surface area contributed by atoms with Crippen LogP contribution in [0.3, 0.4) is 0 Å². The van der Waals surface area contributed by atoms with Crippen LogP contribution < -0.4 is 5.73 Å². The number of carbonyl (C=O) groups is 2. The second-order valence-electron chi connectivity index (χ2n) is 4.11. The Labute approximate surface area is 147 Å². The molecule has 1 amide bonds. The first-order valence-corrected chi connectivity index (χ1v) is 8.02. The third-order valence-electron chi connectivity index (χ3n) is 2.71. The van der Waals surface area contributed by atoms with Crippen LogP contribution in [0, 0.1) is 10.1 Å². The van der Waals surface area contributed by atoms with E-state index in [0.29, 0.717) is 0 Å². The van der Waals surface area contributed by atoms with Gasteiger partial charge in [-0.15, -0.1) is 0 Å². The Kier molecular flexibility index (Phi) is 13.4. The van der Waals surface area contributed by atoms with Gasteiger partial charge in [-0.3, -0.25) is 19.7 Å². The molecule has 2 N–H and O–H groups in total. The molecule has 0 fully saturated rings. The Morgan fingerprint density at radius 1 is 1.25 bits per heavy atom. The van der Waals surface area contributed by atoms with E-state index in [4.69, 9.17) is 17.3 Å². The van der Waals surface area contributed by atoms with Crippen molar-refractivity contribution in [2.75, 3.05) is 7.11 Å². The number of halogens is 1. The Morgan fingerprint density at radius 3 is 2.21 bits per heavy atom. The van der Waals surface area contributed by atoms with E-state index in [1.165, 1.54) is 25.3 Å². The Bertz CT molecular complexity index is 549. The number of hydrogen-bond acceptors (Lipinski definition) is 5. The third kappa shape index (κ3) is 8.47. The lowest BCUT2D eigenvalue weighted by molar-refractivity contribution is -0.385. The van der Waals surface area contributed by atoms with E-state index >= 15 is 0 Å². The van der Waals surface area contributed by atoms with Crippen molar-refractivity contribution in [1.29, 1.82) is 0 Å². The summed E-state index contributed by atoms with van der Waals surface area (Å²) in [7, 11) is 1.19. The number of nitrogens with zero attached hydrogens (tertiary/aromatic N) is 1. The van der Waals surface area contributed by atoms with E-state index in [1.807, 2.05) is 27.7 Å². The van der Waals surface area contributed by atoms with Crippen molar-refractivity contribution in [2.45, 2.75) is 46.5 Å². The topological polar surface area (TPSA) is 113 Å². The molecule has 0 aliphatic heterocycles. The number of rotatable bonds is 6. The highest BCUT2D eigenvalue weighted by Gasteiger charge is 2.26. The predicted octanol–water partition coefficient (Wildman–Crippen LogP) is 3.82. The lowest BCUT2D eigenvalue weighted by Gasteiger charge is -2.15. The first-order valence-electron chi connectivity index (χ1n) is 7.64. The first-order chi connectivity index (χ1) is 11.3. The molecule has 1 unspecified atom stereocenters. The van der Waals surface area contributed by atoms with Gasteiger partial charge in [0, 0.05) is 29.0 Å². The fourth-order valence-corrected chi connectivity index (χ4v) is 2.02.